The van der Waals surface area contributed by atoms with Crippen LogP contribution in [0, 0.1) is 11.3 Å². The third-order valence-corrected chi connectivity index (χ3v) is 3.37. The molecule has 1 aliphatic heterocycles. The van der Waals surface area contributed by atoms with Crippen molar-refractivity contribution >= 4 is 17.3 Å². The normalized spacial score (nSPS) is 18.8. The lowest BCUT2D eigenvalue weighted by Gasteiger charge is -2.25. The van der Waals surface area contributed by atoms with Gasteiger partial charge in [0.2, 0.25) is 5.91 Å². The van der Waals surface area contributed by atoms with Crippen LogP contribution < -0.4 is 16.0 Å². The zero-order valence-electron chi connectivity index (χ0n) is 10.5. The molecule has 2 atom stereocenters. The van der Waals surface area contributed by atoms with Crippen LogP contribution in [0.4, 0.5) is 11.4 Å². The standard InChI is InChI=1S/C13H16N4O/c1-8(5-6-14)17(2)9-3-4-10-11(7-9)16-13(18)12(10)15/h3-4,7-8,12H,5,15H2,1-2H3,(H,16,18). The summed E-state index contributed by atoms with van der Waals surface area (Å²) in [6, 6.07) is 7.39. The van der Waals surface area contributed by atoms with E-state index in [1.54, 1.807) is 0 Å². The number of nitrogens with one attached hydrogen (secondary N) is 1. The van der Waals surface area contributed by atoms with Gasteiger partial charge in [-0.1, -0.05) is 6.07 Å². The van der Waals surface area contributed by atoms with E-state index in [9.17, 15) is 4.79 Å². The number of rotatable bonds is 3. The first-order valence-corrected chi connectivity index (χ1v) is 5.84. The fourth-order valence-electron chi connectivity index (χ4n) is 2.02. The number of nitrogens with two attached hydrogens (primary N) is 1. The third kappa shape index (κ3) is 2.03. The Labute approximate surface area is 106 Å². The Hall–Kier alpha value is -2.06. The van der Waals surface area contributed by atoms with Crippen LogP contribution in [0.1, 0.15) is 24.9 Å². The highest BCUT2D eigenvalue weighted by molar-refractivity contribution is 6.02. The average molecular weight is 244 g/mol. The lowest BCUT2D eigenvalue weighted by molar-refractivity contribution is -0.116. The Morgan fingerprint density at radius 3 is 3.00 bits per heavy atom. The average Bonchev–Trinajstić information content (AvgIpc) is 2.64. The summed E-state index contributed by atoms with van der Waals surface area (Å²) in [5, 5.41) is 11.5. The molecule has 1 amide bonds. The molecule has 1 aromatic rings. The Balaban J connectivity index is 2.26. The SMILES string of the molecule is CC(CC#N)N(C)c1ccc2c(c1)NC(=O)C2N. The summed E-state index contributed by atoms with van der Waals surface area (Å²) < 4.78 is 0. The van der Waals surface area contributed by atoms with E-state index >= 15 is 0 Å². The highest BCUT2D eigenvalue weighted by Gasteiger charge is 2.27. The van der Waals surface area contributed by atoms with Gasteiger partial charge in [0.15, 0.2) is 0 Å². The molecule has 2 rings (SSSR count). The number of benzene rings is 1. The number of nitriles is 1. The highest BCUT2D eigenvalue weighted by Crippen LogP contribution is 2.33. The first-order valence-electron chi connectivity index (χ1n) is 5.84. The first kappa shape index (κ1) is 12.4. The van der Waals surface area contributed by atoms with E-state index in [0.29, 0.717) is 6.42 Å². The molecule has 0 spiro atoms. The largest absolute Gasteiger partial charge is 0.371 e. The fourth-order valence-corrected chi connectivity index (χ4v) is 2.02. The van der Waals surface area contributed by atoms with E-state index in [-0.39, 0.29) is 11.9 Å². The second-order valence-electron chi connectivity index (χ2n) is 4.56. The molecule has 0 aromatic heterocycles. The van der Waals surface area contributed by atoms with E-state index in [1.165, 1.54) is 0 Å². The Kier molecular flexibility index (Phi) is 3.21. The third-order valence-electron chi connectivity index (χ3n) is 3.37. The number of carbonyl (C=O) groups excluding carboxylic acids is 1. The summed E-state index contributed by atoms with van der Waals surface area (Å²) in [6.07, 6.45) is 0.458. The smallest absolute Gasteiger partial charge is 0.245 e. The number of amides is 1. The predicted octanol–water partition coefficient (Wildman–Crippen LogP) is 1.38. The molecular weight excluding hydrogens is 228 g/mol. The maximum absolute atomic E-state index is 11.5. The minimum Gasteiger partial charge on any atom is -0.371 e. The van der Waals surface area contributed by atoms with Crippen LogP contribution in [-0.4, -0.2) is 19.0 Å². The van der Waals surface area contributed by atoms with Crippen LogP contribution in [0.5, 0.6) is 0 Å². The molecule has 1 aliphatic rings. The molecule has 18 heavy (non-hydrogen) atoms. The van der Waals surface area contributed by atoms with Gasteiger partial charge < -0.3 is 16.0 Å². The van der Waals surface area contributed by atoms with Crippen molar-refractivity contribution in [1.29, 1.82) is 5.26 Å². The van der Waals surface area contributed by atoms with Crippen molar-refractivity contribution < 1.29 is 4.79 Å². The lowest BCUT2D eigenvalue weighted by Crippen LogP contribution is -2.28. The van der Waals surface area contributed by atoms with Gasteiger partial charge in [-0.25, -0.2) is 0 Å². The monoisotopic (exact) mass is 244 g/mol. The van der Waals surface area contributed by atoms with Crippen molar-refractivity contribution in [2.75, 3.05) is 17.3 Å². The minimum atomic E-state index is -0.573. The second-order valence-corrected chi connectivity index (χ2v) is 4.56. The first-order chi connectivity index (χ1) is 8.54. The Bertz CT molecular complexity index is 520. The molecule has 0 saturated heterocycles. The van der Waals surface area contributed by atoms with Crippen molar-refractivity contribution in [3.05, 3.63) is 23.8 Å². The van der Waals surface area contributed by atoms with E-state index in [2.05, 4.69) is 11.4 Å². The maximum atomic E-state index is 11.5. The topological polar surface area (TPSA) is 82.2 Å². The van der Waals surface area contributed by atoms with E-state index in [4.69, 9.17) is 11.0 Å². The van der Waals surface area contributed by atoms with E-state index < -0.39 is 6.04 Å². The van der Waals surface area contributed by atoms with Crippen molar-refractivity contribution in [2.24, 2.45) is 5.73 Å². The van der Waals surface area contributed by atoms with Gasteiger partial charge in [0.05, 0.1) is 12.5 Å². The molecule has 94 valence electrons. The molecule has 3 N–H and O–H groups in total. The van der Waals surface area contributed by atoms with E-state index in [1.807, 2.05) is 37.1 Å². The molecule has 0 fully saturated rings. The molecule has 5 nitrogen and oxygen atoms in total. The zero-order chi connectivity index (χ0) is 13.3. The van der Waals surface area contributed by atoms with Gasteiger partial charge in [0.1, 0.15) is 6.04 Å². The van der Waals surface area contributed by atoms with Crippen LogP contribution in [-0.2, 0) is 4.79 Å². The van der Waals surface area contributed by atoms with Gasteiger partial charge in [0.25, 0.3) is 0 Å². The number of hydrogen-bond donors (Lipinski definition) is 2. The van der Waals surface area contributed by atoms with Gasteiger partial charge in [-0.15, -0.1) is 0 Å². The number of anilines is 2. The molecular formula is C13H16N4O. The van der Waals surface area contributed by atoms with Gasteiger partial charge in [-0.05, 0) is 19.1 Å². The van der Waals surface area contributed by atoms with Crippen molar-refractivity contribution in [3.63, 3.8) is 0 Å². The summed E-state index contributed by atoms with van der Waals surface area (Å²) in [7, 11) is 1.93. The molecule has 5 heteroatoms. The summed E-state index contributed by atoms with van der Waals surface area (Å²) >= 11 is 0. The molecule has 0 radical (unpaired) electrons. The summed E-state index contributed by atoms with van der Waals surface area (Å²) in [4.78, 5) is 13.5. The summed E-state index contributed by atoms with van der Waals surface area (Å²) in [5.74, 6) is -0.171. The van der Waals surface area contributed by atoms with Gasteiger partial charge >= 0.3 is 0 Å². The van der Waals surface area contributed by atoms with Crippen LogP contribution in [0.2, 0.25) is 0 Å². The molecule has 1 heterocycles. The van der Waals surface area contributed by atoms with Gasteiger partial charge in [0, 0.05) is 30.0 Å². The predicted molar refractivity (Wildman–Crippen MR) is 70.1 cm³/mol. The number of hydrogen-bond acceptors (Lipinski definition) is 4. The minimum absolute atomic E-state index is 0.124. The van der Waals surface area contributed by atoms with Crippen LogP contribution in [0.25, 0.3) is 0 Å². The zero-order valence-corrected chi connectivity index (χ0v) is 10.5. The fraction of sp³-hybridized carbons (Fsp3) is 0.385. The molecule has 1 aromatic carbocycles. The number of carbonyl (C=O) groups is 1. The Morgan fingerprint density at radius 1 is 1.61 bits per heavy atom. The van der Waals surface area contributed by atoms with Crippen molar-refractivity contribution in [1.82, 2.24) is 0 Å². The van der Waals surface area contributed by atoms with Gasteiger partial charge in [-0.3, -0.25) is 4.79 Å². The van der Waals surface area contributed by atoms with E-state index in [0.717, 1.165) is 16.9 Å². The molecule has 0 saturated carbocycles. The quantitative estimate of drug-likeness (QED) is 0.841. The molecule has 2 unspecified atom stereocenters. The molecule has 0 bridgehead atoms. The number of nitrogens with zero attached hydrogens (tertiary/aromatic N) is 2. The maximum Gasteiger partial charge on any atom is 0.245 e. The second kappa shape index (κ2) is 4.67. The van der Waals surface area contributed by atoms with Crippen LogP contribution in [0.15, 0.2) is 18.2 Å². The number of fused-ring (bicyclic) bond motifs is 1. The summed E-state index contributed by atoms with van der Waals surface area (Å²) in [6.45, 7) is 1.99. The van der Waals surface area contributed by atoms with Crippen molar-refractivity contribution in [2.45, 2.75) is 25.4 Å². The Morgan fingerprint density at radius 2 is 2.33 bits per heavy atom. The molecule has 0 aliphatic carbocycles. The van der Waals surface area contributed by atoms with Crippen molar-refractivity contribution in [3.8, 4) is 6.07 Å². The van der Waals surface area contributed by atoms with Crippen LogP contribution in [0.3, 0.4) is 0 Å². The highest BCUT2D eigenvalue weighted by atomic mass is 16.2. The van der Waals surface area contributed by atoms with Crippen LogP contribution >= 0.6 is 0 Å². The summed E-state index contributed by atoms with van der Waals surface area (Å²) in [5.41, 5.74) is 8.31. The lowest BCUT2D eigenvalue weighted by atomic mass is 10.1. The van der Waals surface area contributed by atoms with Gasteiger partial charge in [-0.2, -0.15) is 5.26 Å².